The maximum atomic E-state index is 14.6. The molecule has 0 saturated carbocycles. The van der Waals surface area contributed by atoms with Crippen molar-refractivity contribution in [2.75, 3.05) is 0 Å². The predicted molar refractivity (Wildman–Crippen MR) is 127 cm³/mol. The second-order valence-electron chi connectivity index (χ2n) is 7.63. The van der Waals surface area contributed by atoms with Crippen molar-refractivity contribution in [3.63, 3.8) is 0 Å². The Morgan fingerprint density at radius 1 is 1.03 bits per heavy atom. The number of carbonyl (C=O) groups excluding carboxylic acids is 1. The minimum atomic E-state index is -1.16. The molecular weight excluding hydrogens is 468 g/mol. The van der Waals surface area contributed by atoms with Crippen molar-refractivity contribution >= 4 is 12.4 Å². The van der Waals surface area contributed by atoms with Gasteiger partial charge in [-0.3, -0.25) is 4.79 Å². The first kappa shape index (κ1) is 24.0. The molecule has 9 heteroatoms. The highest BCUT2D eigenvalue weighted by atomic mass is 19.1. The Balaban J connectivity index is 1.72. The van der Waals surface area contributed by atoms with Crippen LogP contribution in [0.4, 0.5) is 13.6 Å². The Morgan fingerprint density at radius 2 is 1.83 bits per heavy atom. The number of aromatic nitrogens is 1. The third kappa shape index (κ3) is 5.34. The Bertz CT molecular complexity index is 1520. The number of hydrogen-bond acceptors (Lipinski definition) is 5. The second-order valence-corrected chi connectivity index (χ2v) is 7.63. The third-order valence-corrected chi connectivity index (χ3v) is 5.19. The lowest BCUT2D eigenvalue weighted by molar-refractivity contribution is 0.112. The van der Waals surface area contributed by atoms with Gasteiger partial charge in [-0.2, -0.15) is 5.26 Å². The summed E-state index contributed by atoms with van der Waals surface area (Å²) in [5.74, 6) is -2.49. The molecule has 0 radical (unpaired) electrons. The van der Waals surface area contributed by atoms with Gasteiger partial charge in [0.25, 0.3) is 5.88 Å². The average Bonchev–Trinajstić information content (AvgIpc) is 2.89. The number of benzene rings is 3. The molecule has 1 amide bonds. The summed E-state index contributed by atoms with van der Waals surface area (Å²) in [6.45, 7) is 0.0836. The Hall–Kier alpha value is -5.10. The number of aldehydes is 1. The molecular formula is C27H17F2N3O4. The average molecular weight is 485 g/mol. The summed E-state index contributed by atoms with van der Waals surface area (Å²) in [6.07, 6.45) is -0.616. The van der Waals surface area contributed by atoms with Crippen LogP contribution in [0.3, 0.4) is 0 Å². The molecule has 0 bridgehead atoms. The summed E-state index contributed by atoms with van der Waals surface area (Å²) in [5.41, 5.74) is 2.20. The van der Waals surface area contributed by atoms with Crippen molar-refractivity contribution in [1.82, 2.24) is 10.3 Å². The summed E-state index contributed by atoms with van der Waals surface area (Å²) in [6, 6.07) is 20.3. The molecule has 0 fully saturated rings. The highest BCUT2D eigenvalue weighted by Crippen LogP contribution is 2.33. The number of hydrogen-bond donors (Lipinski definition) is 2. The van der Waals surface area contributed by atoms with Crippen molar-refractivity contribution in [2.24, 2.45) is 0 Å². The summed E-state index contributed by atoms with van der Waals surface area (Å²) in [7, 11) is 0. The fourth-order valence-corrected chi connectivity index (χ4v) is 3.56. The number of nitrogens with zero attached hydrogens (tertiary/aromatic N) is 2. The van der Waals surface area contributed by atoms with E-state index in [2.05, 4.69) is 10.3 Å². The maximum Gasteiger partial charge on any atom is 0.404 e. The van der Waals surface area contributed by atoms with Gasteiger partial charge in [-0.05, 0) is 41.0 Å². The summed E-state index contributed by atoms with van der Waals surface area (Å²) in [4.78, 5) is 26.1. The van der Waals surface area contributed by atoms with Crippen LogP contribution in [-0.4, -0.2) is 22.5 Å². The Labute approximate surface area is 204 Å². The smallest absolute Gasteiger partial charge is 0.404 e. The lowest BCUT2D eigenvalue weighted by Crippen LogP contribution is -2.19. The molecule has 0 saturated heterocycles. The molecule has 4 aromatic rings. The quantitative estimate of drug-likeness (QED) is 0.314. The van der Waals surface area contributed by atoms with Gasteiger partial charge in [0, 0.05) is 23.7 Å². The molecule has 1 heterocycles. The van der Waals surface area contributed by atoms with Gasteiger partial charge in [0.1, 0.15) is 11.4 Å². The largest absolute Gasteiger partial charge is 0.465 e. The molecule has 0 aliphatic carbocycles. The minimum absolute atomic E-state index is 0.0748. The van der Waals surface area contributed by atoms with Crippen LogP contribution in [0.15, 0.2) is 72.8 Å². The number of nitrogens with one attached hydrogen (secondary N) is 1. The first-order valence-corrected chi connectivity index (χ1v) is 10.6. The molecule has 7 nitrogen and oxygen atoms in total. The third-order valence-electron chi connectivity index (χ3n) is 5.19. The number of halogens is 2. The van der Waals surface area contributed by atoms with Crippen LogP contribution in [0, 0.1) is 23.0 Å². The van der Waals surface area contributed by atoms with Gasteiger partial charge in [0.15, 0.2) is 17.9 Å². The Morgan fingerprint density at radius 3 is 2.58 bits per heavy atom. The van der Waals surface area contributed by atoms with E-state index in [1.165, 1.54) is 18.2 Å². The van der Waals surface area contributed by atoms with Gasteiger partial charge < -0.3 is 15.2 Å². The van der Waals surface area contributed by atoms with Crippen molar-refractivity contribution in [3.05, 3.63) is 101 Å². The van der Waals surface area contributed by atoms with Gasteiger partial charge in [-0.25, -0.2) is 18.6 Å². The van der Waals surface area contributed by atoms with E-state index in [-0.39, 0.29) is 34.7 Å². The van der Waals surface area contributed by atoms with Gasteiger partial charge in [0.2, 0.25) is 0 Å². The molecule has 0 aliphatic rings. The highest BCUT2D eigenvalue weighted by molar-refractivity contribution is 5.86. The molecule has 2 N–H and O–H groups in total. The molecule has 3 aromatic carbocycles. The molecule has 0 spiro atoms. The fraction of sp³-hybridized carbons (Fsp3) is 0.0370. The Kier molecular flexibility index (Phi) is 6.97. The number of rotatable bonds is 7. The van der Waals surface area contributed by atoms with Gasteiger partial charge in [0.05, 0.1) is 11.6 Å². The number of nitriles is 1. The van der Waals surface area contributed by atoms with E-state index in [9.17, 15) is 23.6 Å². The van der Waals surface area contributed by atoms with Crippen LogP contribution in [0.5, 0.6) is 11.6 Å². The van der Waals surface area contributed by atoms with Crippen molar-refractivity contribution in [1.29, 1.82) is 5.26 Å². The maximum absolute atomic E-state index is 14.6. The zero-order valence-corrected chi connectivity index (χ0v) is 18.5. The summed E-state index contributed by atoms with van der Waals surface area (Å²) < 4.78 is 34.8. The van der Waals surface area contributed by atoms with E-state index < -0.39 is 23.6 Å². The van der Waals surface area contributed by atoms with Crippen LogP contribution >= 0.6 is 0 Å². The minimum Gasteiger partial charge on any atom is -0.465 e. The van der Waals surface area contributed by atoms with E-state index >= 15 is 0 Å². The molecule has 4 rings (SSSR count). The van der Waals surface area contributed by atoms with Gasteiger partial charge in [-0.15, -0.1) is 0 Å². The normalized spacial score (nSPS) is 10.4. The number of carbonyl (C=O) groups is 2. The number of ether oxygens (including phenoxy) is 1. The molecule has 178 valence electrons. The SMILES string of the molecule is N#Cc1cc(Oc2nc(-c3ccccc3C=O)c(F)cc2F)cc(-c2cccc(CNC(=O)O)c2)c1. The van der Waals surface area contributed by atoms with Crippen LogP contribution in [-0.2, 0) is 6.54 Å². The van der Waals surface area contributed by atoms with Crippen LogP contribution < -0.4 is 10.1 Å². The van der Waals surface area contributed by atoms with E-state index in [1.807, 2.05) is 6.07 Å². The van der Waals surface area contributed by atoms with Gasteiger partial charge in [-0.1, -0.05) is 42.5 Å². The zero-order chi connectivity index (χ0) is 25.7. The fourth-order valence-electron chi connectivity index (χ4n) is 3.56. The second kappa shape index (κ2) is 10.4. The van der Waals surface area contributed by atoms with E-state index in [0.717, 1.165) is 0 Å². The van der Waals surface area contributed by atoms with E-state index in [0.29, 0.717) is 29.0 Å². The number of pyridine rings is 1. The van der Waals surface area contributed by atoms with Crippen molar-refractivity contribution < 1.29 is 28.2 Å². The highest BCUT2D eigenvalue weighted by Gasteiger charge is 2.18. The van der Waals surface area contributed by atoms with Crippen LogP contribution in [0.1, 0.15) is 21.5 Å². The molecule has 0 unspecified atom stereocenters. The first-order valence-electron chi connectivity index (χ1n) is 10.6. The van der Waals surface area contributed by atoms with Crippen LogP contribution in [0.25, 0.3) is 22.4 Å². The first-order chi connectivity index (χ1) is 17.4. The van der Waals surface area contributed by atoms with E-state index in [1.54, 1.807) is 48.5 Å². The van der Waals surface area contributed by atoms with Gasteiger partial charge >= 0.3 is 6.09 Å². The molecule has 0 aliphatic heterocycles. The van der Waals surface area contributed by atoms with Crippen molar-refractivity contribution in [3.8, 4) is 40.1 Å². The lowest BCUT2D eigenvalue weighted by atomic mass is 10.0. The van der Waals surface area contributed by atoms with Crippen LogP contribution in [0.2, 0.25) is 0 Å². The monoisotopic (exact) mass is 485 g/mol. The zero-order valence-electron chi connectivity index (χ0n) is 18.5. The molecule has 0 atom stereocenters. The molecule has 1 aromatic heterocycles. The predicted octanol–water partition coefficient (Wildman–Crippen LogP) is 5.94. The summed E-state index contributed by atoms with van der Waals surface area (Å²) >= 11 is 0. The van der Waals surface area contributed by atoms with E-state index in [4.69, 9.17) is 9.84 Å². The number of carboxylic acid groups (broad SMARTS) is 1. The summed E-state index contributed by atoms with van der Waals surface area (Å²) in [5, 5.41) is 20.6. The lowest BCUT2D eigenvalue weighted by Gasteiger charge is -2.12. The number of amides is 1. The topological polar surface area (TPSA) is 112 Å². The van der Waals surface area contributed by atoms with Crippen molar-refractivity contribution in [2.45, 2.75) is 6.54 Å². The molecule has 36 heavy (non-hydrogen) atoms. The standard InChI is InChI=1S/C27H17F2N3O4/c28-23-12-24(29)26(32-25(23)22-7-2-1-5-19(22)15-33)36-21-10-17(13-30)9-20(11-21)18-6-3-4-16(8-18)14-31-27(34)35/h1-12,15,31H,14H2,(H,34,35).